The molecule has 1 N–H and O–H groups in total. The second kappa shape index (κ2) is 6.76. The SMILES string of the molecule is CC(O)C1CCN(C(=O)c2csc(Cc3ccc(F)cc3)n2)C1. The molecule has 122 valence electrons. The molecule has 2 atom stereocenters. The average molecular weight is 334 g/mol. The highest BCUT2D eigenvalue weighted by Crippen LogP contribution is 2.23. The monoisotopic (exact) mass is 334 g/mol. The maximum atomic E-state index is 12.9. The molecular formula is C17H19FN2O2S. The highest BCUT2D eigenvalue weighted by molar-refractivity contribution is 7.09. The van der Waals surface area contributed by atoms with Gasteiger partial charge >= 0.3 is 0 Å². The van der Waals surface area contributed by atoms with Crippen LogP contribution < -0.4 is 0 Å². The van der Waals surface area contributed by atoms with E-state index in [1.807, 2.05) is 0 Å². The predicted molar refractivity (Wildman–Crippen MR) is 87.0 cm³/mol. The minimum Gasteiger partial charge on any atom is -0.393 e. The normalized spacial score (nSPS) is 19.1. The van der Waals surface area contributed by atoms with E-state index in [4.69, 9.17) is 0 Å². The van der Waals surface area contributed by atoms with Crippen molar-refractivity contribution in [2.75, 3.05) is 13.1 Å². The number of halogens is 1. The summed E-state index contributed by atoms with van der Waals surface area (Å²) in [4.78, 5) is 18.6. The number of hydrogen-bond acceptors (Lipinski definition) is 4. The molecule has 4 nitrogen and oxygen atoms in total. The number of aliphatic hydroxyl groups excluding tert-OH is 1. The Morgan fingerprint density at radius 1 is 1.48 bits per heavy atom. The van der Waals surface area contributed by atoms with Gasteiger partial charge in [0.25, 0.3) is 5.91 Å². The molecule has 0 saturated carbocycles. The van der Waals surface area contributed by atoms with Gasteiger partial charge in [0.15, 0.2) is 0 Å². The number of benzene rings is 1. The fourth-order valence-electron chi connectivity index (χ4n) is 2.79. The van der Waals surface area contributed by atoms with Gasteiger partial charge in [-0.3, -0.25) is 4.79 Å². The molecule has 0 radical (unpaired) electrons. The minimum atomic E-state index is -0.391. The lowest BCUT2D eigenvalue weighted by molar-refractivity contribution is 0.0757. The van der Waals surface area contributed by atoms with E-state index in [2.05, 4.69) is 4.98 Å². The van der Waals surface area contributed by atoms with Gasteiger partial charge in [-0.1, -0.05) is 12.1 Å². The third-order valence-electron chi connectivity index (χ3n) is 4.23. The van der Waals surface area contributed by atoms with Crippen LogP contribution in [0.5, 0.6) is 0 Å². The smallest absolute Gasteiger partial charge is 0.273 e. The Kier molecular flexibility index (Phi) is 4.73. The van der Waals surface area contributed by atoms with Crippen LogP contribution in [0.3, 0.4) is 0 Å². The topological polar surface area (TPSA) is 53.4 Å². The molecule has 2 heterocycles. The zero-order chi connectivity index (χ0) is 16.4. The van der Waals surface area contributed by atoms with Gasteiger partial charge in [-0.15, -0.1) is 11.3 Å². The Bertz CT molecular complexity index is 684. The molecule has 23 heavy (non-hydrogen) atoms. The van der Waals surface area contributed by atoms with Crippen molar-refractivity contribution in [2.45, 2.75) is 25.9 Å². The molecule has 1 aromatic heterocycles. The van der Waals surface area contributed by atoms with Crippen LogP contribution in [0.15, 0.2) is 29.6 Å². The van der Waals surface area contributed by atoms with Gasteiger partial charge in [-0.05, 0) is 31.0 Å². The summed E-state index contributed by atoms with van der Waals surface area (Å²) in [7, 11) is 0. The summed E-state index contributed by atoms with van der Waals surface area (Å²) in [6, 6.07) is 6.31. The molecule has 0 spiro atoms. The van der Waals surface area contributed by atoms with Gasteiger partial charge in [0.05, 0.1) is 11.1 Å². The summed E-state index contributed by atoms with van der Waals surface area (Å²) in [6.45, 7) is 3.02. The van der Waals surface area contributed by atoms with Crippen LogP contribution in [0.2, 0.25) is 0 Å². The van der Waals surface area contributed by atoms with Crippen molar-refractivity contribution in [1.29, 1.82) is 0 Å². The Morgan fingerprint density at radius 3 is 2.87 bits per heavy atom. The second-order valence-corrected chi connectivity index (χ2v) is 6.91. The lowest BCUT2D eigenvalue weighted by atomic mass is 10.0. The van der Waals surface area contributed by atoms with E-state index in [9.17, 15) is 14.3 Å². The number of hydrogen-bond donors (Lipinski definition) is 1. The van der Waals surface area contributed by atoms with Gasteiger partial charge in [-0.25, -0.2) is 9.37 Å². The summed E-state index contributed by atoms with van der Waals surface area (Å²) >= 11 is 1.44. The minimum absolute atomic E-state index is 0.0743. The molecule has 1 aliphatic heterocycles. The maximum absolute atomic E-state index is 12.9. The number of carbonyl (C=O) groups is 1. The van der Waals surface area contributed by atoms with Crippen LogP contribution in [-0.2, 0) is 6.42 Å². The highest BCUT2D eigenvalue weighted by Gasteiger charge is 2.30. The van der Waals surface area contributed by atoms with Crippen LogP contribution in [0.25, 0.3) is 0 Å². The molecule has 0 bridgehead atoms. The first kappa shape index (κ1) is 16.1. The third kappa shape index (κ3) is 3.76. The number of aliphatic hydroxyl groups is 1. The molecule has 1 aliphatic rings. The molecule has 3 rings (SSSR count). The summed E-state index contributed by atoms with van der Waals surface area (Å²) in [5.41, 5.74) is 1.42. The lowest BCUT2D eigenvalue weighted by Crippen LogP contribution is -2.30. The highest BCUT2D eigenvalue weighted by atomic mass is 32.1. The largest absolute Gasteiger partial charge is 0.393 e. The van der Waals surface area contributed by atoms with Crippen molar-refractivity contribution in [2.24, 2.45) is 5.92 Å². The Balaban J connectivity index is 1.65. The molecule has 2 aromatic rings. The summed E-state index contributed by atoms with van der Waals surface area (Å²) in [6.07, 6.45) is 1.03. The van der Waals surface area contributed by atoms with Crippen molar-refractivity contribution >= 4 is 17.2 Å². The van der Waals surface area contributed by atoms with E-state index in [0.717, 1.165) is 17.0 Å². The standard InChI is InChI=1S/C17H19FN2O2S/c1-11(21)13-6-7-20(9-13)17(22)15-10-23-16(19-15)8-12-2-4-14(18)5-3-12/h2-5,10-11,13,21H,6-9H2,1H3. The van der Waals surface area contributed by atoms with Gasteiger partial charge in [0, 0.05) is 30.8 Å². The molecule has 1 amide bonds. The maximum Gasteiger partial charge on any atom is 0.273 e. The number of likely N-dealkylation sites (tertiary alicyclic amines) is 1. The predicted octanol–water partition coefficient (Wildman–Crippen LogP) is 2.72. The number of amides is 1. The molecule has 1 saturated heterocycles. The van der Waals surface area contributed by atoms with E-state index in [-0.39, 0.29) is 17.6 Å². The number of thiazole rings is 1. The molecule has 2 unspecified atom stereocenters. The first-order chi connectivity index (χ1) is 11.0. The number of rotatable bonds is 4. The van der Waals surface area contributed by atoms with Gasteiger partial charge in [-0.2, -0.15) is 0 Å². The average Bonchev–Trinajstić information content (AvgIpc) is 3.18. The zero-order valence-corrected chi connectivity index (χ0v) is 13.7. The summed E-state index contributed by atoms with van der Waals surface area (Å²) in [5.74, 6) is -0.184. The van der Waals surface area contributed by atoms with Crippen LogP contribution in [0.4, 0.5) is 4.39 Å². The van der Waals surface area contributed by atoms with Crippen LogP contribution in [-0.4, -0.2) is 40.1 Å². The quantitative estimate of drug-likeness (QED) is 0.935. The van der Waals surface area contributed by atoms with Crippen molar-refractivity contribution in [3.05, 3.63) is 51.7 Å². The van der Waals surface area contributed by atoms with Crippen molar-refractivity contribution in [3.8, 4) is 0 Å². The lowest BCUT2D eigenvalue weighted by Gasteiger charge is -2.16. The van der Waals surface area contributed by atoms with E-state index < -0.39 is 6.10 Å². The first-order valence-corrected chi connectivity index (χ1v) is 8.57. The molecule has 1 fully saturated rings. The number of carbonyl (C=O) groups excluding carboxylic acids is 1. The van der Waals surface area contributed by atoms with Crippen molar-refractivity contribution in [3.63, 3.8) is 0 Å². The van der Waals surface area contributed by atoms with Gasteiger partial charge in [0.2, 0.25) is 0 Å². The molecule has 0 aliphatic carbocycles. The number of aromatic nitrogens is 1. The fraction of sp³-hybridized carbons (Fsp3) is 0.412. The zero-order valence-electron chi connectivity index (χ0n) is 12.9. The molecule has 6 heteroatoms. The Morgan fingerprint density at radius 2 is 2.22 bits per heavy atom. The van der Waals surface area contributed by atoms with Crippen molar-refractivity contribution in [1.82, 2.24) is 9.88 Å². The number of nitrogens with zero attached hydrogens (tertiary/aromatic N) is 2. The van der Waals surface area contributed by atoms with Gasteiger partial charge in [0.1, 0.15) is 11.5 Å². The molecule has 1 aromatic carbocycles. The van der Waals surface area contributed by atoms with Gasteiger partial charge < -0.3 is 10.0 Å². The third-order valence-corrected chi connectivity index (χ3v) is 5.08. The first-order valence-electron chi connectivity index (χ1n) is 7.69. The Labute approximate surface area is 138 Å². The summed E-state index contributed by atoms with van der Waals surface area (Å²) < 4.78 is 12.9. The van der Waals surface area contributed by atoms with Crippen molar-refractivity contribution < 1.29 is 14.3 Å². The van der Waals surface area contributed by atoms with Crippen LogP contribution >= 0.6 is 11.3 Å². The second-order valence-electron chi connectivity index (χ2n) is 5.97. The fourth-order valence-corrected chi connectivity index (χ4v) is 3.60. The van der Waals surface area contributed by atoms with E-state index in [1.165, 1.54) is 23.5 Å². The molecular weight excluding hydrogens is 315 g/mol. The van der Waals surface area contributed by atoms with Crippen LogP contribution in [0.1, 0.15) is 34.4 Å². The van der Waals surface area contributed by atoms with E-state index in [0.29, 0.717) is 25.2 Å². The summed E-state index contributed by atoms with van der Waals surface area (Å²) in [5, 5.41) is 12.2. The van der Waals surface area contributed by atoms with E-state index >= 15 is 0 Å². The van der Waals surface area contributed by atoms with Crippen LogP contribution in [0, 0.1) is 11.7 Å². The Hall–Kier alpha value is -1.79. The van der Waals surface area contributed by atoms with E-state index in [1.54, 1.807) is 29.3 Å².